The minimum Gasteiger partial charge on any atom is -0.494 e. The second-order valence-electron chi connectivity index (χ2n) is 5.57. The van der Waals surface area contributed by atoms with E-state index in [1.807, 2.05) is 32.0 Å². The summed E-state index contributed by atoms with van der Waals surface area (Å²) < 4.78 is 0.836. The topological polar surface area (TPSA) is 113 Å². The van der Waals surface area contributed by atoms with E-state index in [2.05, 4.69) is 14.7 Å². The van der Waals surface area contributed by atoms with Gasteiger partial charge in [0.1, 0.15) is 11.8 Å². The molecule has 8 heteroatoms. The molecule has 1 heterocycles. The van der Waals surface area contributed by atoms with Crippen LogP contribution < -0.4 is 4.90 Å². The molecular formula is C20H18N6O2. The van der Waals surface area contributed by atoms with Crippen molar-refractivity contribution in [3.05, 3.63) is 53.5 Å². The van der Waals surface area contributed by atoms with Crippen LogP contribution in [0.3, 0.4) is 0 Å². The lowest BCUT2D eigenvalue weighted by atomic mass is 10.2. The van der Waals surface area contributed by atoms with Crippen LogP contribution in [-0.2, 0) is 0 Å². The standard InChI is InChI=1S/C20H18N6O2/c1-4-25(5-2)15-8-6-14(7-9-15)24-17(13-22)20(16(12-21)23-3)26-18(27)10-11-19(26)28/h6-11,27-28H,4-5H2,1-2H3. The summed E-state index contributed by atoms with van der Waals surface area (Å²) in [6.07, 6.45) is 0. The number of benzene rings is 1. The number of hydrogen-bond donors (Lipinski definition) is 2. The number of aliphatic imine (C=N–C) groups is 1. The minimum absolute atomic E-state index is 0.284. The average Bonchev–Trinajstić information content (AvgIpc) is 3.04. The van der Waals surface area contributed by atoms with Crippen molar-refractivity contribution >= 4 is 22.8 Å². The van der Waals surface area contributed by atoms with Gasteiger partial charge in [-0.05, 0) is 38.1 Å². The maximum atomic E-state index is 9.99. The number of nitriles is 2. The number of nitrogens with zero attached hydrogens (tertiary/aromatic N) is 6. The number of hydrogen-bond acceptors (Lipinski definition) is 6. The lowest BCUT2D eigenvalue weighted by Gasteiger charge is -2.20. The summed E-state index contributed by atoms with van der Waals surface area (Å²) in [6, 6.07) is 13.0. The van der Waals surface area contributed by atoms with E-state index in [9.17, 15) is 20.7 Å². The lowest BCUT2D eigenvalue weighted by Crippen LogP contribution is -2.21. The van der Waals surface area contributed by atoms with Gasteiger partial charge in [-0.1, -0.05) is 0 Å². The minimum atomic E-state index is -0.484. The van der Waals surface area contributed by atoms with Gasteiger partial charge in [-0.2, -0.15) is 5.26 Å². The maximum absolute atomic E-state index is 9.99. The van der Waals surface area contributed by atoms with Crippen molar-refractivity contribution in [3.63, 3.8) is 0 Å². The molecule has 0 unspecified atom stereocenters. The van der Waals surface area contributed by atoms with Crippen LogP contribution in [0.25, 0.3) is 10.5 Å². The molecule has 28 heavy (non-hydrogen) atoms. The van der Waals surface area contributed by atoms with E-state index in [4.69, 9.17) is 6.57 Å². The Morgan fingerprint density at radius 3 is 2.07 bits per heavy atom. The molecule has 2 N–H and O–H groups in total. The van der Waals surface area contributed by atoms with Gasteiger partial charge in [-0.3, -0.25) is 4.57 Å². The molecule has 0 aliphatic rings. The molecule has 0 radical (unpaired) electrons. The molecule has 1 aromatic carbocycles. The van der Waals surface area contributed by atoms with Crippen LogP contribution in [0.4, 0.5) is 11.4 Å². The number of aromatic nitrogens is 1. The predicted molar refractivity (Wildman–Crippen MR) is 106 cm³/mol. The summed E-state index contributed by atoms with van der Waals surface area (Å²) in [6.45, 7) is 13.0. The summed E-state index contributed by atoms with van der Waals surface area (Å²) in [5.41, 5.74) is 0.371. The van der Waals surface area contributed by atoms with Gasteiger partial charge in [-0.25, -0.2) is 15.1 Å². The monoisotopic (exact) mass is 374 g/mol. The highest BCUT2D eigenvalue weighted by molar-refractivity contribution is 6.29. The molecule has 0 atom stereocenters. The molecule has 1 aromatic heterocycles. The second-order valence-corrected chi connectivity index (χ2v) is 5.57. The Bertz CT molecular complexity index is 1000. The Balaban J connectivity index is 2.60. The smallest absolute Gasteiger partial charge is 0.288 e. The van der Waals surface area contributed by atoms with E-state index in [1.165, 1.54) is 12.1 Å². The number of anilines is 1. The third-order valence-corrected chi connectivity index (χ3v) is 4.05. The molecule has 0 bridgehead atoms. The fourth-order valence-corrected chi connectivity index (χ4v) is 2.69. The molecule has 140 valence electrons. The molecular weight excluding hydrogens is 356 g/mol. The Morgan fingerprint density at radius 1 is 1.07 bits per heavy atom. The first-order valence-electron chi connectivity index (χ1n) is 8.46. The molecule has 0 aliphatic heterocycles. The van der Waals surface area contributed by atoms with E-state index in [-0.39, 0.29) is 11.4 Å². The first kappa shape index (κ1) is 20.1. The van der Waals surface area contributed by atoms with E-state index in [0.717, 1.165) is 23.3 Å². The first-order chi connectivity index (χ1) is 13.5. The average molecular weight is 374 g/mol. The summed E-state index contributed by atoms with van der Waals surface area (Å²) in [7, 11) is 0. The van der Waals surface area contributed by atoms with Crippen molar-refractivity contribution in [1.82, 2.24) is 4.57 Å². The molecule has 2 rings (SSSR count). The van der Waals surface area contributed by atoms with Crippen LogP contribution in [0.5, 0.6) is 11.8 Å². The van der Waals surface area contributed by atoms with Crippen LogP contribution in [-0.4, -0.2) is 33.6 Å². The summed E-state index contributed by atoms with van der Waals surface area (Å²) >= 11 is 0. The van der Waals surface area contributed by atoms with Gasteiger partial charge >= 0.3 is 0 Å². The number of aromatic hydroxyl groups is 2. The van der Waals surface area contributed by atoms with Gasteiger partial charge in [-0.15, -0.1) is 0 Å². The maximum Gasteiger partial charge on any atom is 0.288 e. The highest BCUT2D eigenvalue weighted by Gasteiger charge is 2.21. The van der Waals surface area contributed by atoms with Gasteiger partial charge in [0.15, 0.2) is 17.5 Å². The van der Waals surface area contributed by atoms with Gasteiger partial charge in [0.2, 0.25) is 0 Å². The van der Waals surface area contributed by atoms with Crippen molar-refractivity contribution < 1.29 is 10.2 Å². The van der Waals surface area contributed by atoms with Gasteiger partial charge in [0, 0.05) is 30.9 Å². The SMILES string of the molecule is [C-]#[N+]C(C#N)=C(C(C#N)=Nc1ccc(N(CC)CC)cc1)n1c(O)ccc1O. The Labute approximate surface area is 162 Å². The zero-order valence-corrected chi connectivity index (χ0v) is 15.5. The largest absolute Gasteiger partial charge is 0.494 e. The van der Waals surface area contributed by atoms with Crippen molar-refractivity contribution in [1.29, 1.82) is 10.5 Å². The fourth-order valence-electron chi connectivity index (χ4n) is 2.69. The predicted octanol–water partition coefficient (Wildman–Crippen LogP) is 3.65. The van der Waals surface area contributed by atoms with Crippen molar-refractivity contribution in [2.24, 2.45) is 4.99 Å². The molecule has 0 aliphatic carbocycles. The van der Waals surface area contributed by atoms with Crippen molar-refractivity contribution in [3.8, 4) is 23.9 Å². The summed E-state index contributed by atoms with van der Waals surface area (Å²) in [5, 5.41) is 38.8. The van der Waals surface area contributed by atoms with Crippen LogP contribution in [0.15, 0.2) is 47.1 Å². The molecule has 0 saturated heterocycles. The molecule has 2 aromatic rings. The molecule has 0 fully saturated rings. The molecule has 0 saturated carbocycles. The van der Waals surface area contributed by atoms with E-state index in [1.54, 1.807) is 18.2 Å². The van der Waals surface area contributed by atoms with Gasteiger partial charge in [0.25, 0.3) is 5.70 Å². The molecule has 0 spiro atoms. The quantitative estimate of drug-likeness (QED) is 0.455. The number of allylic oxidation sites excluding steroid dienone is 2. The highest BCUT2D eigenvalue weighted by Crippen LogP contribution is 2.30. The normalized spacial score (nSPS) is 11.8. The van der Waals surface area contributed by atoms with E-state index in [0.29, 0.717) is 5.69 Å². The Hall–Kier alpha value is -4.22. The Morgan fingerprint density at radius 2 is 1.64 bits per heavy atom. The van der Waals surface area contributed by atoms with Crippen LogP contribution in [0.1, 0.15) is 13.8 Å². The van der Waals surface area contributed by atoms with Crippen molar-refractivity contribution in [2.75, 3.05) is 18.0 Å². The Kier molecular flexibility index (Phi) is 6.41. The third-order valence-electron chi connectivity index (χ3n) is 4.05. The first-order valence-corrected chi connectivity index (χ1v) is 8.46. The van der Waals surface area contributed by atoms with Crippen LogP contribution in [0.2, 0.25) is 0 Å². The lowest BCUT2D eigenvalue weighted by molar-refractivity contribution is 0.406. The highest BCUT2D eigenvalue weighted by atomic mass is 16.3. The summed E-state index contributed by atoms with van der Waals surface area (Å²) in [4.78, 5) is 9.47. The van der Waals surface area contributed by atoms with Crippen LogP contribution in [0, 0.1) is 29.2 Å². The third kappa shape index (κ3) is 3.95. The van der Waals surface area contributed by atoms with Crippen LogP contribution >= 0.6 is 0 Å². The molecule has 8 nitrogen and oxygen atoms in total. The van der Waals surface area contributed by atoms with E-state index >= 15 is 0 Å². The zero-order valence-electron chi connectivity index (χ0n) is 15.5. The second kappa shape index (κ2) is 8.93. The summed E-state index contributed by atoms with van der Waals surface area (Å²) in [5.74, 6) is -0.854. The van der Waals surface area contributed by atoms with Gasteiger partial charge < -0.3 is 15.1 Å². The van der Waals surface area contributed by atoms with Gasteiger partial charge in [0.05, 0.1) is 18.3 Å². The zero-order chi connectivity index (χ0) is 20.7. The fraction of sp³-hybridized carbons (Fsp3) is 0.200. The van der Waals surface area contributed by atoms with Crippen molar-refractivity contribution in [2.45, 2.75) is 13.8 Å². The molecule has 0 amide bonds. The number of rotatable bonds is 6. The van der Waals surface area contributed by atoms with E-state index < -0.39 is 17.5 Å².